The number of aryl methyl sites for hydroxylation is 1. The van der Waals surface area contributed by atoms with Gasteiger partial charge in [0.05, 0.1) is 4.90 Å². The minimum absolute atomic E-state index is 0.173. The van der Waals surface area contributed by atoms with E-state index in [9.17, 15) is 13.2 Å². The molecule has 1 atom stereocenters. The van der Waals surface area contributed by atoms with Crippen LogP contribution in [0.5, 0.6) is 0 Å². The molecule has 154 valence electrons. The zero-order chi connectivity index (χ0) is 20.4. The first-order valence-electron chi connectivity index (χ1n) is 9.31. The summed E-state index contributed by atoms with van der Waals surface area (Å²) >= 11 is 1.58. The number of nitrogens with zero attached hydrogens (tertiary/aromatic N) is 1. The van der Waals surface area contributed by atoms with E-state index in [1.165, 1.54) is 0 Å². The van der Waals surface area contributed by atoms with E-state index in [2.05, 4.69) is 35.7 Å². The first-order valence-corrected chi connectivity index (χ1v) is 12.2. The Kier molecular flexibility index (Phi) is 10.4. The lowest BCUT2D eigenvalue weighted by Gasteiger charge is -2.25. The number of nitrogens with one attached hydrogen (secondary N) is 2. The highest BCUT2D eigenvalue weighted by Crippen LogP contribution is 2.12. The van der Waals surface area contributed by atoms with Crippen LogP contribution in [0.25, 0.3) is 0 Å². The molecule has 0 radical (unpaired) electrons. The molecule has 1 unspecified atom stereocenters. The van der Waals surface area contributed by atoms with Crippen molar-refractivity contribution in [3.05, 3.63) is 29.8 Å². The summed E-state index contributed by atoms with van der Waals surface area (Å²) in [7, 11) is -3.74. The number of sulfonamides is 1. The van der Waals surface area contributed by atoms with Crippen molar-refractivity contribution in [3.63, 3.8) is 0 Å². The minimum atomic E-state index is -3.74. The third-order valence-electron chi connectivity index (χ3n) is 4.39. The first-order chi connectivity index (χ1) is 12.7. The molecule has 0 spiro atoms. The second kappa shape index (κ2) is 11.7. The predicted octanol–water partition coefficient (Wildman–Crippen LogP) is 2.24. The summed E-state index contributed by atoms with van der Waals surface area (Å²) in [5.74, 6) is 0.418. The smallest absolute Gasteiger partial charge is 0.241 e. The van der Waals surface area contributed by atoms with Crippen LogP contribution in [0.3, 0.4) is 0 Å². The molecule has 8 heteroatoms. The van der Waals surface area contributed by atoms with Gasteiger partial charge in [-0.25, -0.2) is 8.42 Å². The summed E-state index contributed by atoms with van der Waals surface area (Å²) < 4.78 is 27.8. The molecule has 0 saturated heterocycles. The van der Waals surface area contributed by atoms with Crippen molar-refractivity contribution < 1.29 is 13.2 Å². The molecular weight excluding hydrogens is 382 g/mol. The molecule has 1 aromatic rings. The molecule has 0 fully saturated rings. The number of hydrogen-bond acceptors (Lipinski definition) is 5. The third-order valence-corrected chi connectivity index (χ3v) is 6.52. The van der Waals surface area contributed by atoms with Gasteiger partial charge in [0.25, 0.3) is 0 Å². The van der Waals surface area contributed by atoms with Crippen molar-refractivity contribution in [2.24, 2.45) is 0 Å². The Morgan fingerprint density at radius 2 is 1.85 bits per heavy atom. The zero-order valence-corrected chi connectivity index (χ0v) is 18.6. The Morgan fingerprint density at radius 3 is 2.37 bits per heavy atom. The van der Waals surface area contributed by atoms with Crippen LogP contribution < -0.4 is 10.0 Å². The van der Waals surface area contributed by atoms with Crippen LogP contribution in [-0.2, 0) is 14.8 Å². The number of thioether (sulfide) groups is 1. The van der Waals surface area contributed by atoms with Crippen molar-refractivity contribution in [1.29, 1.82) is 0 Å². The first kappa shape index (κ1) is 23.9. The molecule has 1 rings (SSSR count). The van der Waals surface area contributed by atoms with Gasteiger partial charge in [-0.05, 0) is 57.9 Å². The van der Waals surface area contributed by atoms with Crippen LogP contribution in [0.15, 0.2) is 29.2 Å². The maximum Gasteiger partial charge on any atom is 0.241 e. The summed E-state index contributed by atoms with van der Waals surface area (Å²) in [5, 5.41) is 2.88. The predicted molar refractivity (Wildman–Crippen MR) is 114 cm³/mol. The number of likely N-dealkylation sites (N-methyl/N-ethyl adjacent to an activating group) is 1. The third kappa shape index (κ3) is 8.21. The van der Waals surface area contributed by atoms with Crippen molar-refractivity contribution in [2.45, 2.75) is 51.1 Å². The van der Waals surface area contributed by atoms with Gasteiger partial charge in [0, 0.05) is 19.1 Å². The molecule has 0 aliphatic heterocycles. The van der Waals surface area contributed by atoms with E-state index in [-0.39, 0.29) is 10.8 Å². The maximum atomic E-state index is 12.6. The average Bonchev–Trinajstić information content (AvgIpc) is 2.62. The lowest BCUT2D eigenvalue weighted by Crippen LogP contribution is -2.48. The van der Waals surface area contributed by atoms with Crippen LogP contribution in [0.4, 0.5) is 0 Å². The van der Waals surface area contributed by atoms with Gasteiger partial charge >= 0.3 is 0 Å². The van der Waals surface area contributed by atoms with E-state index in [1.54, 1.807) is 36.0 Å². The van der Waals surface area contributed by atoms with Crippen molar-refractivity contribution in [3.8, 4) is 0 Å². The Bertz CT molecular complexity index is 676. The van der Waals surface area contributed by atoms with Crippen LogP contribution in [0.1, 0.15) is 32.8 Å². The molecule has 6 nitrogen and oxygen atoms in total. The molecule has 27 heavy (non-hydrogen) atoms. The fourth-order valence-corrected chi connectivity index (χ4v) is 4.38. The normalized spacial score (nSPS) is 13.1. The molecule has 0 saturated carbocycles. The van der Waals surface area contributed by atoms with E-state index < -0.39 is 16.1 Å². The number of rotatable bonds is 12. The van der Waals surface area contributed by atoms with Gasteiger partial charge in [-0.2, -0.15) is 16.5 Å². The lowest BCUT2D eigenvalue weighted by atomic mass is 10.2. The number of carbonyl (C=O) groups is 1. The standard InChI is InChI=1S/C19H33N3O3S2/c1-6-22(15(2)3)13-12-20-19(23)18(11-14-26-5)21-27(24,25)17-9-7-16(4)8-10-17/h7-10,15,18,21H,6,11-14H2,1-5H3,(H,20,23). The van der Waals surface area contributed by atoms with Crippen molar-refractivity contribution >= 4 is 27.7 Å². The fraction of sp³-hybridized carbons (Fsp3) is 0.632. The summed E-state index contributed by atoms with van der Waals surface area (Å²) in [4.78, 5) is 15.0. The second-order valence-electron chi connectivity index (χ2n) is 6.78. The molecular formula is C19H33N3O3S2. The van der Waals surface area contributed by atoms with Crippen molar-refractivity contribution in [2.75, 3.05) is 31.6 Å². The minimum Gasteiger partial charge on any atom is -0.353 e. The summed E-state index contributed by atoms with van der Waals surface area (Å²) in [6.07, 6.45) is 2.38. The van der Waals surface area contributed by atoms with Gasteiger partial charge in [-0.3, -0.25) is 9.69 Å². The lowest BCUT2D eigenvalue weighted by molar-refractivity contribution is -0.122. The quantitative estimate of drug-likeness (QED) is 0.547. The Labute approximate surface area is 168 Å². The monoisotopic (exact) mass is 415 g/mol. The number of hydrogen-bond donors (Lipinski definition) is 2. The summed E-state index contributed by atoms with van der Waals surface area (Å²) in [5.41, 5.74) is 0.983. The van der Waals surface area contributed by atoms with Crippen LogP contribution in [-0.4, -0.2) is 63.0 Å². The number of benzene rings is 1. The van der Waals surface area contributed by atoms with Gasteiger partial charge in [0.1, 0.15) is 6.04 Å². The van der Waals surface area contributed by atoms with E-state index >= 15 is 0 Å². The molecule has 2 N–H and O–H groups in total. The van der Waals surface area contributed by atoms with Gasteiger partial charge in [-0.15, -0.1) is 0 Å². The summed E-state index contributed by atoms with van der Waals surface area (Å²) in [6.45, 7) is 10.3. The number of carbonyl (C=O) groups excluding carboxylic acids is 1. The van der Waals surface area contributed by atoms with Crippen LogP contribution >= 0.6 is 11.8 Å². The highest BCUT2D eigenvalue weighted by molar-refractivity contribution is 7.98. The zero-order valence-electron chi connectivity index (χ0n) is 17.0. The van der Waals surface area contributed by atoms with E-state index in [0.717, 1.165) is 18.7 Å². The van der Waals surface area contributed by atoms with E-state index in [1.807, 2.05) is 13.2 Å². The molecule has 0 aromatic heterocycles. The van der Waals surface area contributed by atoms with Gasteiger partial charge in [0.15, 0.2) is 0 Å². The van der Waals surface area contributed by atoms with Gasteiger partial charge < -0.3 is 5.32 Å². The largest absolute Gasteiger partial charge is 0.353 e. The Hall–Kier alpha value is -1.09. The molecule has 1 aromatic carbocycles. The highest BCUT2D eigenvalue weighted by Gasteiger charge is 2.25. The van der Waals surface area contributed by atoms with E-state index in [0.29, 0.717) is 24.8 Å². The van der Waals surface area contributed by atoms with Crippen LogP contribution in [0, 0.1) is 6.92 Å². The SMILES string of the molecule is CCN(CCNC(=O)C(CCSC)NS(=O)(=O)c1ccc(C)cc1)C(C)C. The second-order valence-corrected chi connectivity index (χ2v) is 9.48. The van der Waals surface area contributed by atoms with Crippen LogP contribution in [0.2, 0.25) is 0 Å². The fourth-order valence-electron chi connectivity index (χ4n) is 2.68. The number of amides is 1. The summed E-state index contributed by atoms with van der Waals surface area (Å²) in [6, 6.07) is 6.23. The van der Waals surface area contributed by atoms with Gasteiger partial charge in [-0.1, -0.05) is 24.6 Å². The maximum absolute atomic E-state index is 12.6. The van der Waals surface area contributed by atoms with Crippen molar-refractivity contribution in [1.82, 2.24) is 14.9 Å². The Balaban J connectivity index is 2.76. The molecule has 1 amide bonds. The highest BCUT2D eigenvalue weighted by atomic mass is 32.2. The molecule has 0 aliphatic rings. The average molecular weight is 416 g/mol. The van der Waals surface area contributed by atoms with Gasteiger partial charge in [0.2, 0.25) is 15.9 Å². The Morgan fingerprint density at radius 1 is 1.22 bits per heavy atom. The molecule has 0 heterocycles. The molecule has 0 bridgehead atoms. The molecule has 0 aliphatic carbocycles. The van der Waals surface area contributed by atoms with E-state index in [4.69, 9.17) is 0 Å². The topological polar surface area (TPSA) is 78.5 Å².